The third-order valence-corrected chi connectivity index (χ3v) is 2.09. The monoisotopic (exact) mass is 211 g/mol. The lowest BCUT2D eigenvalue weighted by molar-refractivity contribution is 0.435. The van der Waals surface area contributed by atoms with Crippen molar-refractivity contribution >= 4 is 17.4 Å². The summed E-state index contributed by atoms with van der Waals surface area (Å²) in [5.74, 6) is 0.260. The zero-order valence-electron chi connectivity index (χ0n) is 6.95. The van der Waals surface area contributed by atoms with Crippen LogP contribution in [-0.2, 0) is 0 Å². The Balaban J connectivity index is 2.67. The molecule has 0 unspecified atom stereocenters. The molecule has 0 amide bonds. The van der Waals surface area contributed by atoms with E-state index in [0.717, 1.165) is 0 Å². The molecule has 3 N–H and O–H groups in total. The van der Waals surface area contributed by atoms with Crippen LogP contribution in [0.1, 0.15) is 0 Å². The quantitative estimate of drug-likeness (QED) is 0.744. The van der Waals surface area contributed by atoms with Gasteiger partial charge in [-0.2, -0.15) is 0 Å². The molecule has 0 fully saturated rings. The molecule has 0 aliphatic carbocycles. The Morgan fingerprint density at radius 3 is 2.93 bits per heavy atom. The minimum Gasteiger partial charge on any atom is -0.380 e. The molecule has 0 aromatic carbocycles. The SMILES string of the molecule is Nc1noc(-c2c[nH]ccc2=O)c1Cl. The summed E-state index contributed by atoms with van der Waals surface area (Å²) in [4.78, 5) is 14.1. The van der Waals surface area contributed by atoms with Gasteiger partial charge in [0, 0.05) is 18.5 Å². The van der Waals surface area contributed by atoms with Crippen LogP contribution in [0.5, 0.6) is 0 Å². The van der Waals surface area contributed by atoms with Gasteiger partial charge >= 0.3 is 0 Å². The molecule has 0 radical (unpaired) electrons. The Bertz CT molecular complexity index is 517. The molecule has 5 nitrogen and oxygen atoms in total. The van der Waals surface area contributed by atoms with Gasteiger partial charge in [0.05, 0.1) is 5.56 Å². The summed E-state index contributed by atoms with van der Waals surface area (Å²) in [6.07, 6.45) is 2.99. The van der Waals surface area contributed by atoms with Crippen LogP contribution in [0.3, 0.4) is 0 Å². The van der Waals surface area contributed by atoms with Gasteiger partial charge in [0.15, 0.2) is 17.0 Å². The van der Waals surface area contributed by atoms with Gasteiger partial charge in [-0.15, -0.1) is 0 Å². The van der Waals surface area contributed by atoms with Gasteiger partial charge in [0.25, 0.3) is 0 Å². The van der Waals surface area contributed by atoms with E-state index in [0.29, 0.717) is 5.56 Å². The smallest absolute Gasteiger partial charge is 0.193 e. The summed E-state index contributed by atoms with van der Waals surface area (Å²) in [6.45, 7) is 0. The highest BCUT2D eigenvalue weighted by molar-refractivity contribution is 6.35. The summed E-state index contributed by atoms with van der Waals surface area (Å²) in [7, 11) is 0. The highest BCUT2D eigenvalue weighted by Gasteiger charge is 2.15. The van der Waals surface area contributed by atoms with Crippen molar-refractivity contribution in [3.05, 3.63) is 33.7 Å². The third kappa shape index (κ3) is 1.27. The van der Waals surface area contributed by atoms with Crippen LogP contribution in [0.2, 0.25) is 5.02 Å². The second kappa shape index (κ2) is 3.19. The fourth-order valence-corrected chi connectivity index (χ4v) is 1.22. The summed E-state index contributed by atoms with van der Waals surface area (Å²) in [6, 6.07) is 1.37. The van der Waals surface area contributed by atoms with E-state index in [1.165, 1.54) is 18.5 Å². The maximum absolute atomic E-state index is 11.4. The predicted octanol–water partition coefficient (Wildman–Crippen LogP) is 1.27. The fraction of sp³-hybridized carbons (Fsp3) is 0. The molecule has 72 valence electrons. The van der Waals surface area contributed by atoms with E-state index in [-0.39, 0.29) is 22.0 Å². The first-order chi connectivity index (χ1) is 6.70. The van der Waals surface area contributed by atoms with Crippen LogP contribution in [0.15, 0.2) is 27.8 Å². The van der Waals surface area contributed by atoms with Gasteiger partial charge in [-0.05, 0) is 0 Å². The average Bonchev–Trinajstić information content (AvgIpc) is 2.49. The Labute approximate surface area is 83.5 Å². The molecule has 0 bridgehead atoms. The first-order valence-corrected chi connectivity index (χ1v) is 4.16. The average molecular weight is 212 g/mol. The van der Waals surface area contributed by atoms with Crippen molar-refractivity contribution in [2.75, 3.05) is 5.73 Å². The van der Waals surface area contributed by atoms with Crippen molar-refractivity contribution < 1.29 is 4.52 Å². The molecule has 0 saturated carbocycles. The predicted molar refractivity (Wildman–Crippen MR) is 52.0 cm³/mol. The summed E-state index contributed by atoms with van der Waals surface area (Å²) >= 11 is 5.78. The number of hydrogen-bond donors (Lipinski definition) is 2. The highest BCUT2D eigenvalue weighted by atomic mass is 35.5. The molecular weight excluding hydrogens is 206 g/mol. The lowest BCUT2D eigenvalue weighted by atomic mass is 10.2. The van der Waals surface area contributed by atoms with E-state index < -0.39 is 0 Å². The van der Waals surface area contributed by atoms with Crippen LogP contribution in [-0.4, -0.2) is 10.1 Å². The van der Waals surface area contributed by atoms with E-state index in [4.69, 9.17) is 21.9 Å². The van der Waals surface area contributed by atoms with Crippen molar-refractivity contribution in [1.82, 2.24) is 10.1 Å². The molecule has 0 spiro atoms. The summed E-state index contributed by atoms with van der Waals surface area (Å²) < 4.78 is 4.84. The number of H-pyrrole nitrogens is 1. The Hall–Kier alpha value is -1.75. The Morgan fingerprint density at radius 2 is 2.36 bits per heavy atom. The van der Waals surface area contributed by atoms with Crippen molar-refractivity contribution in [3.8, 4) is 11.3 Å². The van der Waals surface area contributed by atoms with E-state index in [1.807, 2.05) is 0 Å². The number of rotatable bonds is 1. The molecule has 6 heteroatoms. The van der Waals surface area contributed by atoms with E-state index in [1.54, 1.807) is 0 Å². The van der Waals surface area contributed by atoms with Crippen LogP contribution in [0.4, 0.5) is 5.82 Å². The number of hydrogen-bond acceptors (Lipinski definition) is 4. The van der Waals surface area contributed by atoms with Crippen molar-refractivity contribution in [2.45, 2.75) is 0 Å². The summed E-state index contributed by atoms with van der Waals surface area (Å²) in [5.41, 5.74) is 5.48. The lowest BCUT2D eigenvalue weighted by Gasteiger charge is -1.93. The maximum Gasteiger partial charge on any atom is 0.193 e. The molecule has 2 heterocycles. The van der Waals surface area contributed by atoms with Gasteiger partial charge in [0.1, 0.15) is 5.02 Å². The van der Waals surface area contributed by atoms with E-state index in [2.05, 4.69) is 10.1 Å². The number of nitrogen functional groups attached to an aromatic ring is 1. The van der Waals surface area contributed by atoms with Gasteiger partial charge in [-0.1, -0.05) is 16.8 Å². The van der Waals surface area contributed by atoms with E-state index in [9.17, 15) is 4.79 Å². The lowest BCUT2D eigenvalue weighted by Crippen LogP contribution is -2.02. The number of aromatic amines is 1. The van der Waals surface area contributed by atoms with Crippen LogP contribution in [0.25, 0.3) is 11.3 Å². The minimum atomic E-state index is -0.207. The standard InChI is InChI=1S/C8H6ClN3O2/c9-6-7(14-12-8(6)10)4-3-11-2-1-5(4)13/h1-3H,(H2,10,12)(H,11,13). The molecule has 0 atom stereocenters. The molecule has 2 rings (SSSR count). The zero-order valence-corrected chi connectivity index (χ0v) is 7.71. The van der Waals surface area contributed by atoms with Gasteiger partial charge in [-0.25, -0.2) is 0 Å². The number of nitrogens with one attached hydrogen (secondary N) is 1. The first-order valence-electron chi connectivity index (χ1n) is 3.78. The number of pyridine rings is 1. The Morgan fingerprint density at radius 1 is 1.57 bits per heavy atom. The van der Waals surface area contributed by atoms with Crippen LogP contribution in [0, 0.1) is 0 Å². The van der Waals surface area contributed by atoms with Crippen molar-refractivity contribution in [1.29, 1.82) is 0 Å². The fourth-order valence-electron chi connectivity index (χ4n) is 1.05. The largest absolute Gasteiger partial charge is 0.380 e. The van der Waals surface area contributed by atoms with Gasteiger partial charge in [-0.3, -0.25) is 4.79 Å². The molecule has 14 heavy (non-hydrogen) atoms. The van der Waals surface area contributed by atoms with E-state index >= 15 is 0 Å². The molecule has 0 aliphatic heterocycles. The molecule has 0 saturated heterocycles. The van der Waals surface area contributed by atoms with Crippen LogP contribution >= 0.6 is 11.6 Å². The Kier molecular flexibility index (Phi) is 2.01. The second-order valence-corrected chi connectivity index (χ2v) is 3.01. The second-order valence-electron chi connectivity index (χ2n) is 2.63. The zero-order chi connectivity index (χ0) is 10.1. The van der Waals surface area contributed by atoms with Crippen molar-refractivity contribution in [2.24, 2.45) is 0 Å². The molecule has 2 aromatic rings. The normalized spacial score (nSPS) is 10.4. The maximum atomic E-state index is 11.4. The van der Waals surface area contributed by atoms with Crippen molar-refractivity contribution in [3.63, 3.8) is 0 Å². The molecule has 0 aliphatic rings. The third-order valence-electron chi connectivity index (χ3n) is 1.73. The molecule has 2 aromatic heterocycles. The number of anilines is 1. The minimum absolute atomic E-state index is 0.0740. The summed E-state index contributed by atoms with van der Waals surface area (Å²) in [5, 5.41) is 3.61. The number of nitrogens with two attached hydrogens (primary N) is 1. The van der Waals surface area contributed by atoms with Gasteiger partial charge in [0.2, 0.25) is 0 Å². The first kappa shape index (κ1) is 8.83. The van der Waals surface area contributed by atoms with Crippen LogP contribution < -0.4 is 11.2 Å². The van der Waals surface area contributed by atoms with Gasteiger partial charge < -0.3 is 15.2 Å². The molecular formula is C8H6ClN3O2. The topological polar surface area (TPSA) is 84.9 Å². The highest BCUT2D eigenvalue weighted by Crippen LogP contribution is 2.29. The number of nitrogens with zero attached hydrogens (tertiary/aromatic N) is 1. The number of aromatic nitrogens is 2. The number of halogens is 1.